The van der Waals surface area contributed by atoms with Crippen LogP contribution in [-0.2, 0) is 6.42 Å². The summed E-state index contributed by atoms with van der Waals surface area (Å²) < 4.78 is 5.16. The monoisotopic (exact) mass is 284 g/mol. The summed E-state index contributed by atoms with van der Waals surface area (Å²) in [5, 5.41) is 9.10. The van der Waals surface area contributed by atoms with Crippen molar-refractivity contribution in [3.05, 3.63) is 53.6 Å². The van der Waals surface area contributed by atoms with Crippen LogP contribution < -0.4 is 4.74 Å². The molecule has 3 nitrogen and oxygen atoms in total. The SMILES string of the molecule is COc1cc(-c2ccc(CC(C)C)cc2)ccc1C(=O)O. The Hall–Kier alpha value is -2.29. The van der Waals surface area contributed by atoms with Gasteiger partial charge in [0, 0.05) is 0 Å². The molecule has 0 aliphatic heterocycles. The van der Waals surface area contributed by atoms with Gasteiger partial charge < -0.3 is 9.84 Å². The Morgan fingerprint density at radius 3 is 2.24 bits per heavy atom. The Morgan fingerprint density at radius 1 is 1.10 bits per heavy atom. The van der Waals surface area contributed by atoms with Gasteiger partial charge in [0.2, 0.25) is 0 Å². The normalized spacial score (nSPS) is 10.7. The summed E-state index contributed by atoms with van der Waals surface area (Å²) in [7, 11) is 1.48. The lowest BCUT2D eigenvalue weighted by Crippen LogP contribution is -2.00. The van der Waals surface area contributed by atoms with Crippen molar-refractivity contribution in [2.75, 3.05) is 7.11 Å². The van der Waals surface area contributed by atoms with Gasteiger partial charge in [-0.25, -0.2) is 4.79 Å². The van der Waals surface area contributed by atoms with Crippen LogP contribution in [0.3, 0.4) is 0 Å². The van der Waals surface area contributed by atoms with E-state index in [1.165, 1.54) is 12.7 Å². The van der Waals surface area contributed by atoms with Crippen molar-refractivity contribution in [1.29, 1.82) is 0 Å². The molecular formula is C18H20O3. The van der Waals surface area contributed by atoms with Gasteiger partial charge in [0.25, 0.3) is 0 Å². The minimum atomic E-state index is -0.981. The number of methoxy groups -OCH3 is 1. The molecule has 0 unspecified atom stereocenters. The van der Waals surface area contributed by atoms with Crippen LogP contribution in [0.2, 0.25) is 0 Å². The van der Waals surface area contributed by atoms with E-state index in [-0.39, 0.29) is 5.56 Å². The molecule has 2 rings (SSSR count). The molecule has 0 aliphatic rings. The minimum Gasteiger partial charge on any atom is -0.496 e. The Kier molecular flexibility index (Phi) is 4.63. The lowest BCUT2D eigenvalue weighted by molar-refractivity contribution is 0.0693. The third-order valence-electron chi connectivity index (χ3n) is 3.36. The van der Waals surface area contributed by atoms with E-state index in [9.17, 15) is 4.79 Å². The topological polar surface area (TPSA) is 46.5 Å². The zero-order valence-electron chi connectivity index (χ0n) is 12.6. The highest BCUT2D eigenvalue weighted by molar-refractivity contribution is 5.92. The summed E-state index contributed by atoms with van der Waals surface area (Å²) in [6, 6.07) is 13.5. The average Bonchev–Trinajstić information content (AvgIpc) is 2.46. The van der Waals surface area contributed by atoms with E-state index in [1.807, 2.05) is 6.07 Å². The van der Waals surface area contributed by atoms with E-state index >= 15 is 0 Å². The number of benzene rings is 2. The van der Waals surface area contributed by atoms with Gasteiger partial charge in [-0.15, -0.1) is 0 Å². The number of carboxylic acids is 1. The van der Waals surface area contributed by atoms with Crippen LogP contribution in [-0.4, -0.2) is 18.2 Å². The minimum absolute atomic E-state index is 0.178. The highest BCUT2D eigenvalue weighted by Crippen LogP contribution is 2.27. The van der Waals surface area contributed by atoms with Gasteiger partial charge in [-0.05, 0) is 41.2 Å². The zero-order valence-corrected chi connectivity index (χ0v) is 12.6. The fraction of sp³-hybridized carbons (Fsp3) is 0.278. The molecule has 0 radical (unpaired) electrons. The van der Waals surface area contributed by atoms with Gasteiger partial charge >= 0.3 is 5.97 Å². The smallest absolute Gasteiger partial charge is 0.339 e. The maximum atomic E-state index is 11.1. The molecule has 0 heterocycles. The standard InChI is InChI=1S/C18H20O3/c1-12(2)10-13-4-6-14(7-5-13)15-8-9-16(18(19)20)17(11-15)21-3/h4-9,11-12H,10H2,1-3H3,(H,19,20). The van der Waals surface area contributed by atoms with Crippen molar-refractivity contribution in [2.45, 2.75) is 20.3 Å². The summed E-state index contributed by atoms with van der Waals surface area (Å²) in [6.07, 6.45) is 1.06. The van der Waals surface area contributed by atoms with E-state index in [2.05, 4.69) is 38.1 Å². The molecule has 2 aromatic carbocycles. The highest BCUT2D eigenvalue weighted by atomic mass is 16.5. The van der Waals surface area contributed by atoms with E-state index in [0.29, 0.717) is 11.7 Å². The number of carbonyl (C=O) groups is 1. The first-order chi connectivity index (χ1) is 10.0. The van der Waals surface area contributed by atoms with E-state index < -0.39 is 5.97 Å². The van der Waals surface area contributed by atoms with Crippen molar-refractivity contribution in [3.8, 4) is 16.9 Å². The molecule has 0 amide bonds. The van der Waals surface area contributed by atoms with Gasteiger partial charge in [0.1, 0.15) is 11.3 Å². The van der Waals surface area contributed by atoms with E-state index in [0.717, 1.165) is 17.5 Å². The molecule has 3 heteroatoms. The number of ether oxygens (including phenoxy) is 1. The molecule has 0 aliphatic carbocycles. The molecule has 1 N–H and O–H groups in total. The van der Waals surface area contributed by atoms with Crippen LogP contribution in [0.15, 0.2) is 42.5 Å². The summed E-state index contributed by atoms with van der Waals surface area (Å²) in [4.78, 5) is 11.1. The quantitative estimate of drug-likeness (QED) is 0.892. The van der Waals surface area contributed by atoms with Crippen LogP contribution in [0.25, 0.3) is 11.1 Å². The van der Waals surface area contributed by atoms with E-state index in [4.69, 9.17) is 9.84 Å². The molecule has 0 atom stereocenters. The molecule has 0 aromatic heterocycles. The van der Waals surface area contributed by atoms with Gasteiger partial charge in [-0.3, -0.25) is 0 Å². The molecule has 0 bridgehead atoms. The summed E-state index contributed by atoms with van der Waals surface area (Å²) in [5.41, 5.74) is 3.49. The lowest BCUT2D eigenvalue weighted by Gasteiger charge is -2.09. The number of hydrogen-bond donors (Lipinski definition) is 1. The molecule has 110 valence electrons. The Labute approximate surface area is 125 Å². The van der Waals surface area contributed by atoms with E-state index in [1.54, 1.807) is 12.1 Å². The first kappa shape index (κ1) is 15.1. The second kappa shape index (κ2) is 6.44. The van der Waals surface area contributed by atoms with Crippen LogP contribution >= 0.6 is 0 Å². The average molecular weight is 284 g/mol. The number of hydrogen-bond acceptors (Lipinski definition) is 2. The largest absolute Gasteiger partial charge is 0.496 e. The maximum absolute atomic E-state index is 11.1. The molecule has 0 spiro atoms. The van der Waals surface area contributed by atoms with Crippen molar-refractivity contribution < 1.29 is 14.6 Å². The number of aromatic carboxylic acids is 1. The van der Waals surface area contributed by atoms with Gasteiger partial charge in [-0.2, -0.15) is 0 Å². The second-order valence-corrected chi connectivity index (χ2v) is 5.52. The Balaban J connectivity index is 2.31. The van der Waals surface area contributed by atoms with Crippen LogP contribution in [0.5, 0.6) is 5.75 Å². The molecule has 0 saturated carbocycles. The molecule has 21 heavy (non-hydrogen) atoms. The molecule has 0 saturated heterocycles. The number of carboxylic acid groups (broad SMARTS) is 1. The van der Waals surface area contributed by atoms with Gasteiger partial charge in [-0.1, -0.05) is 44.2 Å². The van der Waals surface area contributed by atoms with Crippen molar-refractivity contribution >= 4 is 5.97 Å². The van der Waals surface area contributed by atoms with Crippen molar-refractivity contribution in [2.24, 2.45) is 5.92 Å². The summed E-state index contributed by atoms with van der Waals surface area (Å²) in [5.74, 6) is 0.0303. The third kappa shape index (κ3) is 3.63. The Bertz CT molecular complexity index is 627. The summed E-state index contributed by atoms with van der Waals surface area (Å²) in [6.45, 7) is 4.40. The second-order valence-electron chi connectivity index (χ2n) is 5.52. The maximum Gasteiger partial charge on any atom is 0.339 e. The summed E-state index contributed by atoms with van der Waals surface area (Å²) >= 11 is 0. The number of rotatable bonds is 5. The van der Waals surface area contributed by atoms with Gasteiger partial charge in [0.15, 0.2) is 0 Å². The fourth-order valence-electron chi connectivity index (χ4n) is 2.35. The predicted octanol–water partition coefficient (Wildman–Crippen LogP) is 4.26. The lowest BCUT2D eigenvalue weighted by atomic mass is 9.98. The first-order valence-corrected chi connectivity index (χ1v) is 7.02. The fourth-order valence-corrected chi connectivity index (χ4v) is 2.35. The van der Waals surface area contributed by atoms with Crippen LogP contribution in [0.4, 0.5) is 0 Å². The zero-order chi connectivity index (χ0) is 15.4. The highest BCUT2D eigenvalue weighted by Gasteiger charge is 2.11. The molecule has 0 fully saturated rings. The Morgan fingerprint density at radius 2 is 1.71 bits per heavy atom. The molecular weight excluding hydrogens is 264 g/mol. The van der Waals surface area contributed by atoms with Crippen LogP contribution in [0.1, 0.15) is 29.8 Å². The van der Waals surface area contributed by atoms with Crippen molar-refractivity contribution in [1.82, 2.24) is 0 Å². The first-order valence-electron chi connectivity index (χ1n) is 7.02. The third-order valence-corrected chi connectivity index (χ3v) is 3.36. The predicted molar refractivity (Wildman–Crippen MR) is 83.9 cm³/mol. The van der Waals surface area contributed by atoms with Crippen molar-refractivity contribution in [3.63, 3.8) is 0 Å². The van der Waals surface area contributed by atoms with Gasteiger partial charge in [0.05, 0.1) is 7.11 Å². The van der Waals surface area contributed by atoms with Crippen LogP contribution in [0, 0.1) is 5.92 Å². The molecule has 2 aromatic rings.